The van der Waals surface area contributed by atoms with Gasteiger partial charge in [0.2, 0.25) is 0 Å². The third-order valence-corrected chi connectivity index (χ3v) is 2.10. The zero-order valence-corrected chi connectivity index (χ0v) is 12.3. The fraction of sp³-hybridized carbons (Fsp3) is 0.692. The summed E-state index contributed by atoms with van der Waals surface area (Å²) in [6.07, 6.45) is -0.0389. The molecule has 114 valence electrons. The van der Waals surface area contributed by atoms with Crippen molar-refractivity contribution in [2.45, 2.75) is 52.2 Å². The maximum Gasteiger partial charge on any atom is 0.408 e. The molecule has 0 aromatic rings. The average molecular weight is 286 g/mol. The molecule has 0 aliphatic heterocycles. The minimum Gasteiger partial charge on any atom is -0.464 e. The second-order valence-corrected chi connectivity index (χ2v) is 5.10. The Morgan fingerprint density at radius 2 is 1.90 bits per heavy atom. The number of rotatable bonds is 7. The number of hydrogen-bond acceptors (Lipinski definition) is 6. The molecular weight excluding hydrogens is 264 g/mol. The number of carbonyl (C=O) groups excluding carboxylic acids is 3. The van der Waals surface area contributed by atoms with Crippen LogP contribution in [0.25, 0.3) is 0 Å². The molecular formula is C13H22N2O5. The molecule has 20 heavy (non-hydrogen) atoms. The summed E-state index contributed by atoms with van der Waals surface area (Å²) in [4.78, 5) is 34.4. The van der Waals surface area contributed by atoms with Gasteiger partial charge in [0.25, 0.3) is 0 Å². The standard InChI is InChI=1S/C13H22N2O5/c1-5-19-11(17)10(7-6-9(16)8-14)15-12(18)20-13(2,3)4/h8,10,14H,5-7H2,1-4H3,(H,15,18)/t10-/m1/s1. The van der Waals surface area contributed by atoms with Crippen molar-refractivity contribution in [2.75, 3.05) is 6.61 Å². The molecule has 1 amide bonds. The lowest BCUT2D eigenvalue weighted by Crippen LogP contribution is -2.44. The number of alkyl carbamates (subject to hydrolysis) is 1. The molecule has 0 aliphatic carbocycles. The SMILES string of the molecule is CCOC(=O)[C@@H](CCC(=O)C=N)NC(=O)OC(C)(C)C. The van der Waals surface area contributed by atoms with Crippen LogP contribution in [0.4, 0.5) is 4.79 Å². The first kappa shape index (κ1) is 18.1. The quantitative estimate of drug-likeness (QED) is 0.544. The topological polar surface area (TPSA) is 106 Å². The van der Waals surface area contributed by atoms with Crippen LogP contribution < -0.4 is 5.32 Å². The van der Waals surface area contributed by atoms with Gasteiger partial charge in [-0.1, -0.05) is 0 Å². The normalized spacial score (nSPS) is 12.2. The van der Waals surface area contributed by atoms with Gasteiger partial charge in [-0.25, -0.2) is 9.59 Å². The van der Waals surface area contributed by atoms with Crippen molar-refractivity contribution in [1.29, 1.82) is 5.41 Å². The van der Waals surface area contributed by atoms with Crippen LogP contribution in [0.2, 0.25) is 0 Å². The van der Waals surface area contributed by atoms with Crippen LogP contribution in [-0.2, 0) is 19.1 Å². The van der Waals surface area contributed by atoms with E-state index in [0.717, 1.165) is 0 Å². The molecule has 0 spiro atoms. The molecule has 0 radical (unpaired) electrons. The van der Waals surface area contributed by atoms with E-state index in [1.165, 1.54) is 0 Å². The molecule has 2 N–H and O–H groups in total. The van der Waals surface area contributed by atoms with Gasteiger partial charge in [0, 0.05) is 6.42 Å². The smallest absolute Gasteiger partial charge is 0.408 e. The van der Waals surface area contributed by atoms with Crippen LogP contribution in [0, 0.1) is 5.41 Å². The van der Waals surface area contributed by atoms with E-state index in [2.05, 4.69) is 5.32 Å². The molecule has 7 heteroatoms. The Balaban J connectivity index is 4.59. The Morgan fingerprint density at radius 1 is 1.30 bits per heavy atom. The summed E-state index contributed by atoms with van der Waals surface area (Å²) >= 11 is 0. The molecule has 0 heterocycles. The zero-order valence-electron chi connectivity index (χ0n) is 12.3. The van der Waals surface area contributed by atoms with Crippen LogP contribution in [0.5, 0.6) is 0 Å². The number of hydrogen-bond donors (Lipinski definition) is 2. The molecule has 0 unspecified atom stereocenters. The van der Waals surface area contributed by atoms with E-state index in [-0.39, 0.29) is 19.4 Å². The highest BCUT2D eigenvalue weighted by atomic mass is 16.6. The van der Waals surface area contributed by atoms with E-state index >= 15 is 0 Å². The Labute approximate surface area is 118 Å². The fourth-order valence-electron chi connectivity index (χ4n) is 1.30. The summed E-state index contributed by atoms with van der Waals surface area (Å²) in [7, 11) is 0. The van der Waals surface area contributed by atoms with Gasteiger partial charge in [-0.2, -0.15) is 0 Å². The predicted octanol–water partition coefficient (Wildman–Crippen LogP) is 1.44. The van der Waals surface area contributed by atoms with Crippen molar-refractivity contribution in [3.8, 4) is 0 Å². The summed E-state index contributed by atoms with van der Waals surface area (Å²) in [6, 6.07) is -0.964. The Bertz CT molecular complexity index is 373. The number of ketones is 1. The molecule has 0 aromatic carbocycles. The zero-order chi connectivity index (χ0) is 15.8. The summed E-state index contributed by atoms with van der Waals surface area (Å²) in [5, 5.41) is 9.17. The van der Waals surface area contributed by atoms with Gasteiger partial charge in [0.15, 0.2) is 5.78 Å². The molecule has 7 nitrogen and oxygen atoms in total. The molecule has 0 saturated heterocycles. The minimum absolute atomic E-state index is 0.0250. The summed E-state index contributed by atoms with van der Waals surface area (Å²) < 4.78 is 9.87. The highest BCUT2D eigenvalue weighted by Gasteiger charge is 2.25. The van der Waals surface area contributed by atoms with Crippen LogP contribution in [-0.4, -0.2) is 42.3 Å². The third-order valence-electron chi connectivity index (χ3n) is 2.10. The molecule has 0 fully saturated rings. The maximum absolute atomic E-state index is 11.7. The second kappa shape index (κ2) is 8.29. The highest BCUT2D eigenvalue weighted by Crippen LogP contribution is 2.08. The Morgan fingerprint density at radius 3 is 2.35 bits per heavy atom. The monoisotopic (exact) mass is 286 g/mol. The third kappa shape index (κ3) is 8.23. The van der Waals surface area contributed by atoms with Crippen molar-refractivity contribution >= 4 is 24.1 Å². The number of carbonyl (C=O) groups is 3. The van der Waals surface area contributed by atoms with Crippen LogP contribution in [0.15, 0.2) is 0 Å². The molecule has 0 saturated carbocycles. The van der Waals surface area contributed by atoms with E-state index in [1.807, 2.05) is 0 Å². The first-order valence-corrected chi connectivity index (χ1v) is 6.39. The van der Waals surface area contributed by atoms with Gasteiger partial charge in [0.05, 0.1) is 12.8 Å². The summed E-state index contributed by atoms with van der Waals surface area (Å²) in [6.45, 7) is 6.91. The van der Waals surface area contributed by atoms with E-state index in [4.69, 9.17) is 14.9 Å². The number of amides is 1. The summed E-state index contributed by atoms with van der Waals surface area (Å²) in [5.74, 6) is -1.05. The van der Waals surface area contributed by atoms with Crippen LogP contribution in [0.1, 0.15) is 40.5 Å². The van der Waals surface area contributed by atoms with Gasteiger partial charge in [-0.05, 0) is 34.1 Å². The number of ether oxygens (including phenoxy) is 2. The van der Waals surface area contributed by atoms with E-state index in [0.29, 0.717) is 6.21 Å². The van der Waals surface area contributed by atoms with Crippen LogP contribution in [0.3, 0.4) is 0 Å². The van der Waals surface area contributed by atoms with Gasteiger partial charge in [0.1, 0.15) is 11.6 Å². The van der Waals surface area contributed by atoms with Crippen LogP contribution >= 0.6 is 0 Å². The second-order valence-electron chi connectivity index (χ2n) is 5.10. The van der Waals surface area contributed by atoms with Crippen molar-refractivity contribution in [3.05, 3.63) is 0 Å². The number of esters is 1. The minimum atomic E-state index is -0.964. The van der Waals surface area contributed by atoms with Crippen molar-refractivity contribution < 1.29 is 23.9 Å². The van der Waals surface area contributed by atoms with Gasteiger partial charge in [-0.3, -0.25) is 4.79 Å². The maximum atomic E-state index is 11.7. The molecule has 0 bridgehead atoms. The summed E-state index contributed by atoms with van der Waals surface area (Å²) in [5.41, 5.74) is -0.686. The van der Waals surface area contributed by atoms with Gasteiger partial charge in [-0.15, -0.1) is 0 Å². The van der Waals surface area contributed by atoms with E-state index < -0.39 is 29.5 Å². The number of Topliss-reactive ketones (excluding diaryl/α,β-unsaturated/α-hetero) is 1. The van der Waals surface area contributed by atoms with Crippen molar-refractivity contribution in [1.82, 2.24) is 5.32 Å². The highest BCUT2D eigenvalue weighted by molar-refractivity contribution is 6.26. The first-order valence-electron chi connectivity index (χ1n) is 6.39. The largest absolute Gasteiger partial charge is 0.464 e. The Hall–Kier alpha value is -1.92. The van der Waals surface area contributed by atoms with E-state index in [9.17, 15) is 14.4 Å². The lowest BCUT2D eigenvalue weighted by Gasteiger charge is -2.22. The fourth-order valence-corrected chi connectivity index (χ4v) is 1.30. The molecule has 0 rings (SSSR count). The van der Waals surface area contributed by atoms with Crippen molar-refractivity contribution in [3.63, 3.8) is 0 Å². The lowest BCUT2D eigenvalue weighted by atomic mass is 10.1. The number of nitrogens with one attached hydrogen (secondary N) is 2. The molecule has 0 aromatic heterocycles. The predicted molar refractivity (Wildman–Crippen MR) is 72.8 cm³/mol. The molecule has 1 atom stereocenters. The van der Waals surface area contributed by atoms with Gasteiger partial charge < -0.3 is 20.2 Å². The lowest BCUT2D eigenvalue weighted by molar-refractivity contribution is -0.145. The first-order chi connectivity index (χ1) is 9.19. The van der Waals surface area contributed by atoms with E-state index in [1.54, 1.807) is 27.7 Å². The van der Waals surface area contributed by atoms with Crippen molar-refractivity contribution in [2.24, 2.45) is 0 Å². The molecule has 0 aliphatic rings. The Kier molecular flexibility index (Phi) is 7.49. The average Bonchev–Trinajstić information content (AvgIpc) is 2.31. The van der Waals surface area contributed by atoms with Gasteiger partial charge >= 0.3 is 12.1 Å².